The fraction of sp³-hybridized carbons (Fsp3) is 0.227. The van der Waals surface area contributed by atoms with Gasteiger partial charge in [-0.15, -0.1) is 0 Å². The van der Waals surface area contributed by atoms with Crippen LogP contribution in [-0.2, 0) is 14.3 Å². The topological polar surface area (TPSA) is 107 Å². The number of carbonyl (C=O) groups is 2. The van der Waals surface area contributed by atoms with Gasteiger partial charge in [0.25, 0.3) is 5.91 Å². The smallest absolute Gasteiger partial charge is 0.349 e. The van der Waals surface area contributed by atoms with Gasteiger partial charge in [0.2, 0.25) is 0 Å². The largest absolute Gasteiger partial charge is 0.493 e. The Bertz CT molecular complexity index is 931. The predicted octanol–water partition coefficient (Wildman–Crippen LogP) is 2.35. The van der Waals surface area contributed by atoms with Gasteiger partial charge in [0.05, 0.1) is 13.7 Å². The van der Waals surface area contributed by atoms with Crippen molar-refractivity contribution in [2.45, 2.75) is 0 Å². The molecule has 1 amide bonds. The van der Waals surface area contributed by atoms with Gasteiger partial charge >= 0.3 is 5.97 Å². The fourth-order valence-corrected chi connectivity index (χ4v) is 2.34. The highest BCUT2D eigenvalue weighted by molar-refractivity contribution is 6.01. The zero-order valence-corrected chi connectivity index (χ0v) is 16.7. The Morgan fingerprint density at radius 2 is 1.77 bits per heavy atom. The van der Waals surface area contributed by atoms with Crippen LogP contribution < -0.4 is 19.5 Å². The van der Waals surface area contributed by atoms with Crippen molar-refractivity contribution in [1.82, 2.24) is 5.32 Å². The maximum Gasteiger partial charge on any atom is 0.349 e. The molecular weight excluding hydrogens is 388 g/mol. The van der Waals surface area contributed by atoms with E-state index in [4.69, 9.17) is 18.9 Å². The summed E-state index contributed by atoms with van der Waals surface area (Å²) in [5, 5.41) is 11.8. The van der Waals surface area contributed by atoms with Crippen molar-refractivity contribution in [2.75, 3.05) is 34.0 Å². The van der Waals surface area contributed by atoms with Crippen LogP contribution in [0.15, 0.2) is 54.1 Å². The van der Waals surface area contributed by atoms with Gasteiger partial charge < -0.3 is 24.3 Å². The molecule has 0 heterocycles. The Morgan fingerprint density at radius 1 is 1.07 bits per heavy atom. The van der Waals surface area contributed by atoms with Crippen LogP contribution in [0.25, 0.3) is 6.08 Å². The van der Waals surface area contributed by atoms with Crippen molar-refractivity contribution >= 4 is 18.0 Å². The number of para-hydroxylation sites is 2. The van der Waals surface area contributed by atoms with Gasteiger partial charge in [-0.1, -0.05) is 24.3 Å². The van der Waals surface area contributed by atoms with E-state index in [-0.39, 0.29) is 12.2 Å². The van der Waals surface area contributed by atoms with Crippen molar-refractivity contribution in [3.63, 3.8) is 0 Å². The summed E-state index contributed by atoms with van der Waals surface area (Å²) in [6.07, 6.45) is 1.44. The van der Waals surface area contributed by atoms with Crippen LogP contribution in [0.3, 0.4) is 0 Å². The van der Waals surface area contributed by atoms with Crippen molar-refractivity contribution in [3.05, 3.63) is 59.7 Å². The SMILES string of the molecule is COCCNC(=O)/C(C#N)=C/c1ccc(OC(=O)COc2ccccc2OC)cc1. The monoisotopic (exact) mass is 410 g/mol. The molecule has 0 spiro atoms. The molecule has 0 aliphatic carbocycles. The Labute approximate surface area is 174 Å². The molecule has 156 valence electrons. The first-order valence-electron chi connectivity index (χ1n) is 9.03. The number of rotatable bonds is 10. The van der Waals surface area contributed by atoms with Gasteiger partial charge in [-0.3, -0.25) is 4.79 Å². The third-order valence-corrected chi connectivity index (χ3v) is 3.79. The Balaban J connectivity index is 1.92. The molecule has 8 heteroatoms. The number of carbonyl (C=O) groups excluding carboxylic acids is 2. The number of esters is 1. The Kier molecular flexibility index (Phi) is 8.90. The van der Waals surface area contributed by atoms with Crippen molar-refractivity contribution in [3.8, 4) is 23.3 Å². The molecule has 0 unspecified atom stereocenters. The fourth-order valence-electron chi connectivity index (χ4n) is 2.34. The van der Waals surface area contributed by atoms with Crippen LogP contribution in [-0.4, -0.2) is 45.9 Å². The molecule has 0 aliphatic rings. The number of benzene rings is 2. The number of methoxy groups -OCH3 is 2. The first kappa shape index (κ1) is 22.5. The highest BCUT2D eigenvalue weighted by Gasteiger charge is 2.10. The highest BCUT2D eigenvalue weighted by Crippen LogP contribution is 2.25. The summed E-state index contributed by atoms with van der Waals surface area (Å²) < 4.78 is 20.6. The summed E-state index contributed by atoms with van der Waals surface area (Å²) in [6.45, 7) is 0.369. The molecule has 2 aromatic rings. The minimum absolute atomic E-state index is 0.0407. The van der Waals surface area contributed by atoms with Gasteiger partial charge in [0, 0.05) is 13.7 Å². The van der Waals surface area contributed by atoms with Crippen LogP contribution in [0.2, 0.25) is 0 Å². The molecule has 2 rings (SSSR count). The molecule has 0 radical (unpaired) electrons. The second kappa shape index (κ2) is 11.9. The van der Waals surface area contributed by atoms with E-state index in [0.29, 0.717) is 36.0 Å². The lowest BCUT2D eigenvalue weighted by Crippen LogP contribution is -2.27. The first-order valence-corrected chi connectivity index (χ1v) is 9.03. The molecule has 0 saturated heterocycles. The number of ether oxygens (including phenoxy) is 4. The van der Waals surface area contributed by atoms with E-state index >= 15 is 0 Å². The molecule has 0 aliphatic heterocycles. The van der Waals surface area contributed by atoms with Crippen molar-refractivity contribution < 1.29 is 28.5 Å². The van der Waals surface area contributed by atoms with Gasteiger partial charge in [0.1, 0.15) is 17.4 Å². The van der Waals surface area contributed by atoms with E-state index in [2.05, 4.69) is 5.32 Å². The zero-order valence-electron chi connectivity index (χ0n) is 16.7. The number of nitriles is 1. The zero-order chi connectivity index (χ0) is 21.8. The number of nitrogens with zero attached hydrogens (tertiary/aromatic N) is 1. The normalized spacial score (nSPS) is 10.6. The molecule has 0 atom stereocenters. The molecule has 0 fully saturated rings. The maximum atomic E-state index is 12.0. The number of hydrogen-bond donors (Lipinski definition) is 1. The van der Waals surface area contributed by atoms with E-state index in [1.54, 1.807) is 48.5 Å². The van der Waals surface area contributed by atoms with Gasteiger partial charge in [0.15, 0.2) is 18.1 Å². The van der Waals surface area contributed by atoms with E-state index in [9.17, 15) is 14.9 Å². The summed E-state index contributed by atoms with van der Waals surface area (Å²) in [6, 6.07) is 15.2. The van der Waals surface area contributed by atoms with E-state index in [1.807, 2.05) is 6.07 Å². The second-order valence-electron chi connectivity index (χ2n) is 5.90. The summed E-state index contributed by atoms with van der Waals surface area (Å²) in [5.41, 5.74) is 0.569. The highest BCUT2D eigenvalue weighted by atomic mass is 16.6. The predicted molar refractivity (Wildman–Crippen MR) is 109 cm³/mol. The van der Waals surface area contributed by atoms with Gasteiger partial charge in [-0.25, -0.2) is 4.79 Å². The molecule has 30 heavy (non-hydrogen) atoms. The van der Waals surface area contributed by atoms with Gasteiger partial charge in [-0.05, 0) is 35.9 Å². The lowest BCUT2D eigenvalue weighted by molar-refractivity contribution is -0.136. The Morgan fingerprint density at radius 3 is 2.40 bits per heavy atom. The lowest BCUT2D eigenvalue weighted by Gasteiger charge is -2.10. The van der Waals surface area contributed by atoms with Crippen molar-refractivity contribution in [2.24, 2.45) is 0 Å². The summed E-state index contributed by atoms with van der Waals surface area (Å²) in [5.74, 6) is 0.188. The number of hydrogen-bond acceptors (Lipinski definition) is 7. The number of nitrogens with one attached hydrogen (secondary N) is 1. The average Bonchev–Trinajstić information content (AvgIpc) is 2.77. The molecule has 0 aromatic heterocycles. The number of amides is 1. The van der Waals surface area contributed by atoms with Gasteiger partial charge in [-0.2, -0.15) is 5.26 Å². The summed E-state index contributed by atoms with van der Waals surface area (Å²) in [7, 11) is 3.03. The minimum atomic E-state index is -0.584. The molecule has 0 saturated carbocycles. The third-order valence-electron chi connectivity index (χ3n) is 3.79. The first-order chi connectivity index (χ1) is 14.6. The Hall–Kier alpha value is -3.83. The lowest BCUT2D eigenvalue weighted by atomic mass is 10.1. The molecule has 0 bridgehead atoms. The molecule has 8 nitrogen and oxygen atoms in total. The standard InChI is InChI=1S/C22H22N2O6/c1-27-12-11-24-22(26)17(14-23)13-16-7-9-18(10-8-16)30-21(25)15-29-20-6-4-3-5-19(20)28-2/h3-10,13H,11-12,15H2,1-2H3,(H,24,26)/b17-13+. The van der Waals surface area contributed by atoms with Crippen LogP contribution in [0.5, 0.6) is 17.2 Å². The average molecular weight is 410 g/mol. The van der Waals surface area contributed by atoms with Crippen LogP contribution in [0.1, 0.15) is 5.56 Å². The minimum Gasteiger partial charge on any atom is -0.493 e. The summed E-state index contributed by atoms with van der Waals surface area (Å²) in [4.78, 5) is 24.0. The van der Waals surface area contributed by atoms with E-state index in [1.165, 1.54) is 20.3 Å². The maximum absolute atomic E-state index is 12.0. The van der Waals surface area contributed by atoms with Crippen molar-refractivity contribution in [1.29, 1.82) is 5.26 Å². The van der Waals surface area contributed by atoms with E-state index < -0.39 is 11.9 Å². The van der Waals surface area contributed by atoms with Crippen LogP contribution >= 0.6 is 0 Å². The van der Waals surface area contributed by atoms with E-state index in [0.717, 1.165) is 0 Å². The van der Waals surface area contributed by atoms with Crippen LogP contribution in [0.4, 0.5) is 0 Å². The second-order valence-corrected chi connectivity index (χ2v) is 5.90. The molecule has 1 N–H and O–H groups in total. The third kappa shape index (κ3) is 6.96. The molecular formula is C22H22N2O6. The molecule has 2 aromatic carbocycles. The summed E-state index contributed by atoms with van der Waals surface area (Å²) >= 11 is 0. The quantitative estimate of drug-likeness (QED) is 0.211. The van der Waals surface area contributed by atoms with Crippen LogP contribution in [0, 0.1) is 11.3 Å².